The minimum Gasteiger partial charge on any atom is -0.208 e. The van der Waals surface area contributed by atoms with Crippen LogP contribution in [0.2, 0.25) is 0 Å². The normalized spacial score (nSPS) is 24.8. The summed E-state index contributed by atoms with van der Waals surface area (Å²) in [4.78, 5) is 15.4. The molecule has 0 radical (unpaired) electrons. The van der Waals surface area contributed by atoms with Crippen molar-refractivity contribution in [1.82, 2.24) is 15.0 Å². The number of rotatable bonds is 6. The Morgan fingerprint density at radius 2 is 1.06 bits per heavy atom. The number of aromatic nitrogens is 3. The van der Waals surface area contributed by atoms with Crippen LogP contribution in [0, 0.1) is 29.1 Å². The lowest BCUT2D eigenvalue weighted by atomic mass is 9.48. The van der Waals surface area contributed by atoms with Crippen molar-refractivity contribution in [3.05, 3.63) is 114 Å². The molecule has 0 saturated heterocycles. The molecule has 4 nitrogen and oxygen atoms in total. The van der Waals surface area contributed by atoms with Crippen molar-refractivity contribution in [1.29, 1.82) is 5.26 Å². The second-order valence-corrected chi connectivity index (χ2v) is 15.2. The highest BCUT2D eigenvalue weighted by Gasteiger charge is 2.51. The van der Waals surface area contributed by atoms with Crippen LogP contribution >= 0.6 is 0 Å². The van der Waals surface area contributed by atoms with E-state index < -0.39 is 0 Å². The van der Waals surface area contributed by atoms with Crippen molar-refractivity contribution in [3.8, 4) is 51.4 Å². The van der Waals surface area contributed by atoms with Crippen LogP contribution in [0.5, 0.6) is 0 Å². The Hall–Kier alpha value is -4.62. The van der Waals surface area contributed by atoms with E-state index in [1.165, 1.54) is 81.8 Å². The monoisotopic (exact) mass is 626 g/mol. The van der Waals surface area contributed by atoms with Crippen LogP contribution in [0.3, 0.4) is 0 Å². The Balaban J connectivity index is 1.13. The summed E-state index contributed by atoms with van der Waals surface area (Å²) in [6.45, 7) is 0. The Morgan fingerprint density at radius 3 is 1.67 bits per heavy atom. The van der Waals surface area contributed by atoms with Crippen molar-refractivity contribution in [3.63, 3.8) is 0 Å². The fourth-order valence-corrected chi connectivity index (χ4v) is 10.3. The van der Waals surface area contributed by atoms with Crippen LogP contribution in [0.1, 0.15) is 93.2 Å². The smallest absolute Gasteiger partial charge is 0.164 e. The number of hydrogen-bond donors (Lipinski definition) is 0. The van der Waals surface area contributed by atoms with E-state index in [0.29, 0.717) is 34.4 Å². The average Bonchev–Trinajstić information content (AvgIpc) is 3.14. The third-order valence-electron chi connectivity index (χ3n) is 12.2. The van der Waals surface area contributed by atoms with E-state index in [2.05, 4.69) is 66.7 Å². The predicted octanol–water partition coefficient (Wildman–Crippen LogP) is 10.9. The predicted molar refractivity (Wildman–Crippen MR) is 192 cm³/mol. The van der Waals surface area contributed by atoms with E-state index in [0.717, 1.165) is 45.6 Å². The largest absolute Gasteiger partial charge is 0.208 e. The lowest BCUT2D eigenvalue weighted by molar-refractivity contribution is -0.00518. The second-order valence-electron chi connectivity index (χ2n) is 15.2. The number of nitriles is 1. The molecular formula is C44H42N4. The van der Waals surface area contributed by atoms with E-state index in [1.54, 1.807) is 0 Å². The first-order valence-corrected chi connectivity index (χ1v) is 18.2. The van der Waals surface area contributed by atoms with Gasteiger partial charge in [0.2, 0.25) is 0 Å². The van der Waals surface area contributed by atoms with E-state index in [1.807, 2.05) is 36.4 Å². The molecule has 4 bridgehead atoms. The topological polar surface area (TPSA) is 62.5 Å². The van der Waals surface area contributed by atoms with Crippen molar-refractivity contribution in [2.24, 2.45) is 17.8 Å². The van der Waals surface area contributed by atoms with Gasteiger partial charge in [0.15, 0.2) is 17.5 Å². The number of nitrogens with zero attached hydrogens (tertiary/aromatic N) is 4. The molecule has 1 heterocycles. The number of hydrogen-bond acceptors (Lipinski definition) is 4. The number of benzene rings is 4. The molecule has 0 spiro atoms. The zero-order chi connectivity index (χ0) is 32.1. The molecule has 48 heavy (non-hydrogen) atoms. The maximum Gasteiger partial charge on any atom is 0.164 e. The minimum atomic E-state index is 0.357. The average molecular weight is 627 g/mol. The summed E-state index contributed by atoms with van der Waals surface area (Å²) in [5, 5.41) is 9.94. The summed E-state index contributed by atoms with van der Waals surface area (Å²) in [6.07, 6.45) is 15.0. The van der Waals surface area contributed by atoms with Crippen molar-refractivity contribution in [2.75, 3.05) is 0 Å². The standard InChI is InChI=1S/C44H42N4/c45-28-36-10-4-5-11-38(36)39-12-6-7-13-40(39)43-47-41(34-16-14-33(15-17-34)32-8-2-1-3-9-32)46-42(48-43)35-18-20-37(21-19-35)44-25-29-22-30(26-44)24-31(23-29)27-44/h4-7,10-21,29-32H,1-3,8-9,22-27H2/t29-,30+,31-,44?. The van der Waals surface area contributed by atoms with Crippen LogP contribution in [0.15, 0.2) is 97.1 Å². The zero-order valence-corrected chi connectivity index (χ0v) is 27.6. The third kappa shape index (κ3) is 5.34. The lowest BCUT2D eigenvalue weighted by Gasteiger charge is -2.57. The summed E-state index contributed by atoms with van der Waals surface area (Å²) in [7, 11) is 0. The molecule has 5 fully saturated rings. The highest BCUT2D eigenvalue weighted by atomic mass is 15.0. The molecule has 4 aromatic carbocycles. The van der Waals surface area contributed by atoms with E-state index in [9.17, 15) is 5.26 Å². The molecule has 0 unspecified atom stereocenters. The van der Waals surface area contributed by atoms with E-state index in [-0.39, 0.29) is 0 Å². The lowest BCUT2D eigenvalue weighted by Crippen LogP contribution is -2.48. The fraction of sp³-hybridized carbons (Fsp3) is 0.364. The molecule has 5 aromatic rings. The Bertz CT molecular complexity index is 1960. The van der Waals surface area contributed by atoms with Gasteiger partial charge < -0.3 is 0 Å². The van der Waals surface area contributed by atoms with Crippen LogP contribution in [0.4, 0.5) is 0 Å². The molecule has 5 saturated carbocycles. The van der Waals surface area contributed by atoms with Gasteiger partial charge >= 0.3 is 0 Å². The molecule has 1 aromatic heterocycles. The molecule has 0 amide bonds. The highest BCUT2D eigenvalue weighted by molar-refractivity contribution is 5.84. The Labute approximate surface area is 284 Å². The summed E-state index contributed by atoms with van der Waals surface area (Å²) in [5.74, 6) is 5.39. The van der Waals surface area contributed by atoms with Crippen molar-refractivity contribution < 1.29 is 0 Å². The van der Waals surface area contributed by atoms with Gasteiger partial charge in [-0.3, -0.25) is 0 Å². The summed E-state index contributed by atoms with van der Waals surface area (Å²) < 4.78 is 0. The van der Waals surface area contributed by atoms with Crippen LogP contribution < -0.4 is 0 Å². The quantitative estimate of drug-likeness (QED) is 0.188. The first-order valence-electron chi connectivity index (χ1n) is 18.2. The van der Waals surface area contributed by atoms with Crippen LogP contribution in [-0.2, 0) is 5.41 Å². The minimum absolute atomic E-state index is 0.357. The van der Waals surface area contributed by atoms with Gasteiger partial charge in [-0.15, -0.1) is 0 Å². The molecule has 0 N–H and O–H groups in total. The second kappa shape index (κ2) is 12.1. The van der Waals surface area contributed by atoms with Gasteiger partial charge in [0.1, 0.15) is 0 Å². The Morgan fingerprint density at radius 1 is 0.542 bits per heavy atom. The molecule has 5 aliphatic carbocycles. The highest BCUT2D eigenvalue weighted by Crippen LogP contribution is 2.60. The Kier molecular flexibility index (Phi) is 7.45. The van der Waals surface area contributed by atoms with Crippen molar-refractivity contribution in [2.45, 2.75) is 82.0 Å². The van der Waals surface area contributed by atoms with E-state index >= 15 is 0 Å². The van der Waals surface area contributed by atoms with Gasteiger partial charge in [0.25, 0.3) is 0 Å². The summed E-state index contributed by atoms with van der Waals surface area (Å²) in [5.41, 5.74) is 8.67. The molecular weight excluding hydrogens is 585 g/mol. The van der Waals surface area contributed by atoms with E-state index in [4.69, 9.17) is 15.0 Å². The zero-order valence-electron chi connectivity index (χ0n) is 27.6. The first kappa shape index (κ1) is 29.5. The van der Waals surface area contributed by atoms with Gasteiger partial charge in [-0.25, -0.2) is 15.0 Å². The van der Waals surface area contributed by atoms with Crippen LogP contribution in [-0.4, -0.2) is 15.0 Å². The van der Waals surface area contributed by atoms with Gasteiger partial charge in [-0.2, -0.15) is 5.26 Å². The SMILES string of the molecule is N#Cc1ccccc1-c1ccccc1-c1nc(-c2ccc(C3CCCCC3)cc2)nc(-c2ccc(C34C[C@H]5C[C@@H](C3)C[C@@H](C4)C5)cc2)n1. The molecule has 0 aliphatic heterocycles. The van der Waals surface area contributed by atoms with Crippen molar-refractivity contribution >= 4 is 0 Å². The van der Waals surface area contributed by atoms with Gasteiger partial charge in [-0.1, -0.05) is 110 Å². The van der Waals surface area contributed by atoms with Crippen LogP contribution in [0.25, 0.3) is 45.3 Å². The molecule has 0 atom stereocenters. The summed E-state index contributed by atoms with van der Waals surface area (Å²) in [6, 6.07) is 36.5. The summed E-state index contributed by atoms with van der Waals surface area (Å²) >= 11 is 0. The third-order valence-corrected chi connectivity index (χ3v) is 12.2. The molecule has 4 heteroatoms. The van der Waals surface area contributed by atoms with Gasteiger partial charge in [0, 0.05) is 22.3 Å². The molecule has 10 rings (SSSR count). The maximum atomic E-state index is 9.94. The first-order chi connectivity index (χ1) is 23.6. The molecule has 5 aliphatic rings. The molecule has 238 valence electrons. The maximum absolute atomic E-state index is 9.94. The van der Waals surface area contributed by atoms with Gasteiger partial charge in [-0.05, 0) is 103 Å². The fourth-order valence-electron chi connectivity index (χ4n) is 10.3. The van der Waals surface area contributed by atoms with Gasteiger partial charge in [0.05, 0.1) is 11.6 Å².